The monoisotopic (exact) mass is 438 g/mol. The van der Waals surface area contributed by atoms with Crippen LogP contribution in [0.3, 0.4) is 0 Å². The Morgan fingerprint density at radius 3 is 2.85 bits per heavy atom. The van der Waals surface area contributed by atoms with Gasteiger partial charge in [-0.1, -0.05) is 48.5 Å². The molecule has 0 spiro atoms. The number of rotatable bonds is 6. The van der Waals surface area contributed by atoms with E-state index in [0.29, 0.717) is 12.5 Å². The number of carbonyl (C=O) groups excluding carboxylic acids is 1. The number of hydrogen-bond acceptors (Lipinski definition) is 3. The number of benzene rings is 3. The second kappa shape index (κ2) is 9.59. The summed E-state index contributed by atoms with van der Waals surface area (Å²) in [5.74, 6) is 1.51. The Labute approximate surface area is 195 Å². The van der Waals surface area contributed by atoms with Gasteiger partial charge in [0.25, 0.3) is 5.91 Å². The summed E-state index contributed by atoms with van der Waals surface area (Å²) >= 11 is 0. The van der Waals surface area contributed by atoms with Crippen LogP contribution in [0.25, 0.3) is 16.5 Å². The molecular formula is C28H30N4O. The summed E-state index contributed by atoms with van der Waals surface area (Å²) in [6.45, 7) is 5.66. The number of nitrogens with zero attached hydrogens (tertiary/aromatic N) is 3. The van der Waals surface area contributed by atoms with Crippen molar-refractivity contribution in [3.8, 4) is 5.69 Å². The van der Waals surface area contributed by atoms with Crippen molar-refractivity contribution in [3.05, 3.63) is 96.1 Å². The second-order valence-corrected chi connectivity index (χ2v) is 9.03. The lowest BCUT2D eigenvalue weighted by Gasteiger charge is -2.32. The summed E-state index contributed by atoms with van der Waals surface area (Å²) in [5.41, 5.74) is 3.14. The quantitative estimate of drug-likeness (QED) is 0.462. The molecule has 1 aromatic heterocycles. The number of piperidine rings is 1. The van der Waals surface area contributed by atoms with Gasteiger partial charge in [0.2, 0.25) is 0 Å². The van der Waals surface area contributed by atoms with Crippen LogP contribution >= 0.6 is 0 Å². The maximum Gasteiger partial charge on any atom is 0.251 e. The summed E-state index contributed by atoms with van der Waals surface area (Å²) in [7, 11) is 0. The number of likely N-dealkylation sites (tertiary alicyclic amines) is 1. The molecule has 1 saturated heterocycles. The van der Waals surface area contributed by atoms with Gasteiger partial charge in [-0.3, -0.25) is 9.69 Å². The van der Waals surface area contributed by atoms with Crippen LogP contribution < -0.4 is 5.32 Å². The lowest BCUT2D eigenvalue weighted by molar-refractivity contribution is 0.0931. The molecule has 3 aromatic carbocycles. The first-order valence-corrected chi connectivity index (χ1v) is 11.7. The Balaban J connectivity index is 1.21. The zero-order valence-electron chi connectivity index (χ0n) is 19.1. The minimum atomic E-state index is 0.0129. The van der Waals surface area contributed by atoms with Crippen molar-refractivity contribution in [2.24, 2.45) is 5.92 Å². The number of aromatic nitrogens is 2. The van der Waals surface area contributed by atoms with Crippen LogP contribution in [0.2, 0.25) is 0 Å². The Hall–Kier alpha value is -3.44. The maximum atomic E-state index is 12.9. The molecule has 0 radical (unpaired) electrons. The largest absolute Gasteiger partial charge is 0.352 e. The first-order chi connectivity index (χ1) is 16.2. The van der Waals surface area contributed by atoms with Gasteiger partial charge in [0.1, 0.15) is 5.82 Å². The Kier molecular flexibility index (Phi) is 6.22. The number of imidazole rings is 1. The molecule has 0 saturated carbocycles. The predicted octanol–water partition coefficient (Wildman–Crippen LogP) is 4.98. The van der Waals surface area contributed by atoms with E-state index in [4.69, 9.17) is 0 Å². The molecule has 0 bridgehead atoms. The third-order valence-corrected chi connectivity index (χ3v) is 6.55. The van der Waals surface area contributed by atoms with Crippen molar-refractivity contribution >= 4 is 16.7 Å². The van der Waals surface area contributed by atoms with E-state index in [0.717, 1.165) is 60.3 Å². The molecule has 5 nitrogen and oxygen atoms in total. The molecule has 1 atom stereocenters. The van der Waals surface area contributed by atoms with Gasteiger partial charge in [-0.2, -0.15) is 0 Å². The number of nitrogens with one attached hydrogen (secondary N) is 1. The number of aryl methyl sites for hydroxylation is 1. The molecular weight excluding hydrogens is 408 g/mol. The molecule has 5 rings (SSSR count). The van der Waals surface area contributed by atoms with Gasteiger partial charge in [0, 0.05) is 36.7 Å². The third kappa shape index (κ3) is 4.83. The summed E-state index contributed by atoms with van der Waals surface area (Å²) in [5, 5.41) is 5.30. The maximum absolute atomic E-state index is 12.9. The molecule has 1 amide bonds. The van der Waals surface area contributed by atoms with Gasteiger partial charge in [0.15, 0.2) is 0 Å². The van der Waals surface area contributed by atoms with Crippen LogP contribution in [0.15, 0.2) is 79.1 Å². The van der Waals surface area contributed by atoms with E-state index in [1.807, 2.05) is 54.9 Å². The lowest BCUT2D eigenvalue weighted by atomic mass is 9.97. The van der Waals surface area contributed by atoms with Crippen LogP contribution in [0, 0.1) is 12.8 Å². The van der Waals surface area contributed by atoms with Crippen molar-refractivity contribution in [1.29, 1.82) is 0 Å². The number of hydrogen-bond donors (Lipinski definition) is 1. The Morgan fingerprint density at radius 1 is 1.09 bits per heavy atom. The van der Waals surface area contributed by atoms with Gasteiger partial charge < -0.3 is 9.88 Å². The van der Waals surface area contributed by atoms with E-state index in [1.54, 1.807) is 0 Å². The fraction of sp³-hybridized carbons (Fsp3) is 0.286. The molecule has 1 aliphatic heterocycles. The molecule has 1 fully saturated rings. The van der Waals surface area contributed by atoms with E-state index < -0.39 is 0 Å². The molecule has 1 N–H and O–H groups in total. The molecule has 0 aliphatic carbocycles. The molecule has 0 unspecified atom stereocenters. The van der Waals surface area contributed by atoms with Gasteiger partial charge >= 0.3 is 0 Å². The van der Waals surface area contributed by atoms with Crippen molar-refractivity contribution in [2.45, 2.75) is 26.3 Å². The molecule has 5 heteroatoms. The van der Waals surface area contributed by atoms with E-state index in [2.05, 4.69) is 51.0 Å². The molecule has 33 heavy (non-hydrogen) atoms. The van der Waals surface area contributed by atoms with E-state index in [-0.39, 0.29) is 5.91 Å². The van der Waals surface area contributed by atoms with Crippen LogP contribution in [0.1, 0.15) is 34.6 Å². The average Bonchev–Trinajstić information content (AvgIpc) is 3.30. The zero-order valence-corrected chi connectivity index (χ0v) is 19.1. The van der Waals surface area contributed by atoms with Crippen LogP contribution in [-0.2, 0) is 6.54 Å². The average molecular weight is 439 g/mol. The Bertz CT molecular complexity index is 1260. The highest BCUT2D eigenvalue weighted by atomic mass is 16.1. The van der Waals surface area contributed by atoms with E-state index >= 15 is 0 Å². The molecule has 168 valence electrons. The molecule has 2 heterocycles. The summed E-state index contributed by atoms with van der Waals surface area (Å²) in [4.78, 5) is 20.0. The third-order valence-electron chi connectivity index (χ3n) is 6.55. The fourth-order valence-corrected chi connectivity index (χ4v) is 4.88. The highest BCUT2D eigenvalue weighted by Gasteiger charge is 2.22. The first-order valence-electron chi connectivity index (χ1n) is 11.7. The van der Waals surface area contributed by atoms with Gasteiger partial charge in [-0.25, -0.2) is 4.98 Å². The van der Waals surface area contributed by atoms with Crippen LogP contribution in [0.4, 0.5) is 0 Å². The van der Waals surface area contributed by atoms with E-state index in [1.165, 1.54) is 5.56 Å². The second-order valence-electron chi connectivity index (χ2n) is 9.03. The van der Waals surface area contributed by atoms with E-state index in [9.17, 15) is 4.79 Å². The predicted molar refractivity (Wildman–Crippen MR) is 133 cm³/mol. The van der Waals surface area contributed by atoms with Crippen molar-refractivity contribution in [3.63, 3.8) is 0 Å². The van der Waals surface area contributed by atoms with Crippen LogP contribution in [-0.4, -0.2) is 40.0 Å². The summed E-state index contributed by atoms with van der Waals surface area (Å²) in [6, 6.07) is 22.5. The summed E-state index contributed by atoms with van der Waals surface area (Å²) in [6.07, 6.45) is 6.19. The zero-order chi connectivity index (χ0) is 22.6. The minimum absolute atomic E-state index is 0.0129. The van der Waals surface area contributed by atoms with Gasteiger partial charge in [-0.05, 0) is 66.8 Å². The highest BCUT2D eigenvalue weighted by Crippen LogP contribution is 2.21. The van der Waals surface area contributed by atoms with Crippen molar-refractivity contribution in [2.75, 3.05) is 19.6 Å². The number of carbonyl (C=O) groups is 1. The first kappa shape index (κ1) is 21.4. The highest BCUT2D eigenvalue weighted by molar-refractivity contribution is 6.06. The van der Waals surface area contributed by atoms with Gasteiger partial charge in [0.05, 0.1) is 6.54 Å². The lowest BCUT2D eigenvalue weighted by Crippen LogP contribution is -2.41. The van der Waals surface area contributed by atoms with Crippen molar-refractivity contribution < 1.29 is 4.79 Å². The normalized spacial score (nSPS) is 16.7. The number of fused-ring (bicyclic) bond motifs is 1. The standard InChI is InChI=1S/C28H30N4O/c1-21-7-4-11-24(17-21)32-16-14-29-27(32)20-31-15-6-8-22(19-31)18-30-28(33)26-13-5-10-23-9-2-3-12-25(23)26/h2-5,7,9-14,16-17,22H,6,8,15,18-20H2,1H3,(H,30,33)/t22-/m0/s1. The minimum Gasteiger partial charge on any atom is -0.352 e. The number of amides is 1. The fourth-order valence-electron chi connectivity index (χ4n) is 4.88. The smallest absolute Gasteiger partial charge is 0.251 e. The van der Waals surface area contributed by atoms with Crippen LogP contribution in [0.5, 0.6) is 0 Å². The topological polar surface area (TPSA) is 50.2 Å². The molecule has 1 aliphatic rings. The van der Waals surface area contributed by atoms with Crippen molar-refractivity contribution in [1.82, 2.24) is 19.8 Å². The Morgan fingerprint density at radius 2 is 1.94 bits per heavy atom. The summed E-state index contributed by atoms with van der Waals surface area (Å²) < 4.78 is 2.18. The van der Waals surface area contributed by atoms with Gasteiger partial charge in [-0.15, -0.1) is 0 Å². The molecule has 4 aromatic rings. The SMILES string of the molecule is Cc1cccc(-n2ccnc2CN2CCC[C@@H](CNC(=O)c3cccc4ccccc34)C2)c1.